The predicted molar refractivity (Wildman–Crippen MR) is 205 cm³/mol. The maximum Gasteiger partial charge on any atom is 0.294 e. The van der Waals surface area contributed by atoms with E-state index >= 15 is 0 Å². The zero-order chi connectivity index (χ0) is 36.6. The van der Waals surface area contributed by atoms with Gasteiger partial charge < -0.3 is 19.8 Å². The van der Waals surface area contributed by atoms with Crippen LogP contribution in [0.25, 0.3) is 22.2 Å². The minimum atomic E-state index is -4.02. The van der Waals surface area contributed by atoms with Crippen molar-refractivity contribution in [3.63, 3.8) is 0 Å². The summed E-state index contributed by atoms with van der Waals surface area (Å²) in [5.41, 5.74) is 4.11. The molecule has 0 aliphatic rings. The molecule has 0 saturated carbocycles. The average Bonchev–Trinajstić information content (AvgIpc) is 3.55. The molecular formula is C37H38BrFN4O7S2. The van der Waals surface area contributed by atoms with Gasteiger partial charge in [-0.15, -0.1) is 0 Å². The fourth-order valence-corrected chi connectivity index (χ4v) is 6.23. The van der Waals surface area contributed by atoms with Gasteiger partial charge in [0, 0.05) is 29.4 Å². The molecule has 2 aromatic heterocycles. The Morgan fingerprint density at radius 2 is 1.69 bits per heavy atom. The number of anilines is 2. The smallest absolute Gasteiger partial charge is 0.294 e. The van der Waals surface area contributed by atoms with Crippen LogP contribution in [0.1, 0.15) is 24.3 Å². The molecule has 3 N–H and O–H groups in total. The van der Waals surface area contributed by atoms with Crippen LogP contribution in [-0.2, 0) is 33.1 Å². The second-order valence-corrected chi connectivity index (χ2v) is 16.0. The second kappa shape index (κ2) is 17.7. The van der Waals surface area contributed by atoms with Crippen LogP contribution in [0.4, 0.5) is 15.9 Å². The quantitative estimate of drug-likeness (QED) is 0.0809. The molecule has 6 aromatic rings. The van der Waals surface area contributed by atoms with Crippen LogP contribution in [0.15, 0.2) is 117 Å². The van der Waals surface area contributed by atoms with Crippen LogP contribution in [0.5, 0.6) is 5.75 Å². The van der Waals surface area contributed by atoms with Crippen molar-refractivity contribution in [2.24, 2.45) is 0 Å². The first-order valence-corrected chi connectivity index (χ1v) is 19.7. The lowest BCUT2D eigenvalue weighted by atomic mass is 10.1. The number of fused-ring (bicyclic) bond motifs is 1. The van der Waals surface area contributed by atoms with E-state index in [1.165, 1.54) is 36.8 Å². The molecular weight excluding hydrogens is 775 g/mol. The van der Waals surface area contributed by atoms with Gasteiger partial charge in [-0.05, 0) is 101 Å². The number of nitrogens with one attached hydrogen (secondary N) is 2. The van der Waals surface area contributed by atoms with E-state index < -0.39 is 20.0 Å². The third kappa shape index (κ3) is 11.7. The van der Waals surface area contributed by atoms with Crippen molar-refractivity contribution in [2.75, 3.05) is 23.9 Å². The fraction of sp³-hybridized carbons (Fsp3) is 0.189. The first kappa shape index (κ1) is 40.1. The maximum atomic E-state index is 13.4. The molecule has 15 heteroatoms. The van der Waals surface area contributed by atoms with Crippen molar-refractivity contribution in [3.05, 3.63) is 131 Å². The third-order valence-corrected chi connectivity index (χ3v) is 9.76. The summed E-state index contributed by atoms with van der Waals surface area (Å²) in [5.74, 6) is 2.41. The van der Waals surface area contributed by atoms with E-state index in [-0.39, 0.29) is 30.5 Å². The number of sulfone groups is 1. The largest absolute Gasteiger partial charge is 0.488 e. The zero-order valence-electron chi connectivity index (χ0n) is 27.5. The molecule has 2 heterocycles. The summed E-state index contributed by atoms with van der Waals surface area (Å²) < 4.78 is 78.2. The first-order valence-electron chi connectivity index (χ1n) is 15.4. The Morgan fingerprint density at radius 3 is 2.38 bits per heavy atom. The van der Waals surface area contributed by atoms with Gasteiger partial charge >= 0.3 is 0 Å². The van der Waals surface area contributed by atoms with Crippen LogP contribution in [-0.4, -0.2) is 49.9 Å². The Bertz CT molecular complexity index is 2350. The lowest BCUT2D eigenvalue weighted by Gasteiger charge is -2.12. The summed E-state index contributed by atoms with van der Waals surface area (Å²) >= 11 is 3.56. The highest BCUT2D eigenvalue weighted by molar-refractivity contribution is 9.10. The summed E-state index contributed by atoms with van der Waals surface area (Å²) in [5, 5.41) is 7.25. The average molecular weight is 814 g/mol. The summed E-state index contributed by atoms with van der Waals surface area (Å²) in [7, 11) is -7.03. The van der Waals surface area contributed by atoms with Gasteiger partial charge in [-0.2, -0.15) is 8.42 Å². The van der Waals surface area contributed by atoms with Gasteiger partial charge in [0.05, 0.1) is 27.2 Å². The monoisotopic (exact) mass is 812 g/mol. The molecule has 0 spiro atoms. The normalized spacial score (nSPS) is 11.3. The third-order valence-electron chi connectivity index (χ3n) is 7.33. The Morgan fingerprint density at radius 1 is 0.923 bits per heavy atom. The van der Waals surface area contributed by atoms with Gasteiger partial charge in [0.2, 0.25) is 0 Å². The second-order valence-electron chi connectivity index (χ2n) is 11.5. The standard InChI is InChI=1S/C29H26BrFN4O4S.C7H8O3S.CH4/c1-40(36,37)12-11-32-16-23-7-10-27(39-23)20-5-8-26-24(14-20)29(34-18-33-26)35-22-6-9-28(25(30)15-22)38-17-19-3-2-4-21(31)13-19;1-6-2-4-7(5-3-6)11(8,9)10;/h2-10,13-15,18,32H,11-12,16-17H2,1H3,(H,33,34,35);2-5H,1H3,(H,8,9,10);1H4. The van der Waals surface area contributed by atoms with Gasteiger partial charge in [-0.1, -0.05) is 37.3 Å². The van der Waals surface area contributed by atoms with Gasteiger partial charge in [0.1, 0.15) is 51.7 Å². The Balaban J connectivity index is 0.000000433. The molecule has 0 aliphatic carbocycles. The lowest BCUT2D eigenvalue weighted by molar-refractivity contribution is 0.303. The fourth-order valence-electron chi connectivity index (χ4n) is 4.74. The summed E-state index contributed by atoms with van der Waals surface area (Å²) in [6, 6.07) is 27.4. The molecule has 6 rings (SSSR count). The van der Waals surface area contributed by atoms with Gasteiger partial charge in [0.15, 0.2) is 0 Å². The van der Waals surface area contributed by atoms with Crippen molar-refractivity contribution in [1.29, 1.82) is 0 Å². The highest BCUT2D eigenvalue weighted by Crippen LogP contribution is 2.33. The van der Waals surface area contributed by atoms with E-state index in [9.17, 15) is 21.2 Å². The van der Waals surface area contributed by atoms with Crippen molar-refractivity contribution < 1.29 is 34.9 Å². The molecule has 274 valence electrons. The van der Waals surface area contributed by atoms with Gasteiger partial charge in [-0.3, -0.25) is 4.55 Å². The molecule has 11 nitrogen and oxygen atoms in total. The van der Waals surface area contributed by atoms with Crippen LogP contribution < -0.4 is 15.4 Å². The molecule has 4 aromatic carbocycles. The molecule has 0 radical (unpaired) electrons. The maximum absolute atomic E-state index is 13.4. The number of aryl methyl sites for hydroxylation is 1. The minimum Gasteiger partial charge on any atom is -0.488 e. The molecule has 0 unspecified atom stereocenters. The van der Waals surface area contributed by atoms with Crippen LogP contribution in [0.2, 0.25) is 0 Å². The van der Waals surface area contributed by atoms with E-state index in [0.29, 0.717) is 36.2 Å². The van der Waals surface area contributed by atoms with Crippen LogP contribution >= 0.6 is 15.9 Å². The van der Waals surface area contributed by atoms with E-state index in [4.69, 9.17) is 13.7 Å². The number of hydrogen-bond acceptors (Lipinski definition) is 10. The number of halogens is 2. The van der Waals surface area contributed by atoms with Crippen molar-refractivity contribution in [1.82, 2.24) is 15.3 Å². The molecule has 0 bridgehead atoms. The number of hydrogen-bond donors (Lipinski definition) is 3. The predicted octanol–water partition coefficient (Wildman–Crippen LogP) is 8.13. The number of aromatic nitrogens is 2. The molecule has 0 atom stereocenters. The topological polar surface area (TPSA) is 161 Å². The van der Waals surface area contributed by atoms with Gasteiger partial charge in [0.25, 0.3) is 10.1 Å². The van der Waals surface area contributed by atoms with E-state index in [1.807, 2.05) is 61.5 Å². The number of benzene rings is 4. The zero-order valence-corrected chi connectivity index (χ0v) is 30.7. The lowest BCUT2D eigenvalue weighted by Crippen LogP contribution is -2.21. The van der Waals surface area contributed by atoms with Crippen LogP contribution in [0.3, 0.4) is 0 Å². The van der Waals surface area contributed by atoms with Gasteiger partial charge in [-0.25, -0.2) is 22.8 Å². The van der Waals surface area contributed by atoms with Crippen LogP contribution in [0, 0.1) is 12.7 Å². The summed E-state index contributed by atoms with van der Waals surface area (Å²) in [6.45, 7) is 2.87. The Kier molecular flexibility index (Phi) is 13.7. The molecule has 0 aliphatic heterocycles. The SMILES string of the molecule is C.CS(=O)(=O)CCNCc1ccc(-c2ccc3ncnc(Nc4ccc(OCc5cccc(F)c5)c(Br)c4)c3c2)o1.Cc1ccc(S(=O)(=O)O)cc1. The van der Waals surface area contributed by atoms with E-state index in [0.717, 1.165) is 37.8 Å². The number of ether oxygens (including phenoxy) is 1. The number of furan rings is 1. The number of nitrogens with zero attached hydrogens (tertiary/aromatic N) is 2. The Hall–Kier alpha value is -4.67. The van der Waals surface area contributed by atoms with E-state index in [2.05, 4.69) is 36.5 Å². The van der Waals surface area contributed by atoms with E-state index in [1.54, 1.807) is 18.2 Å². The van der Waals surface area contributed by atoms with Crippen molar-refractivity contribution >= 4 is 58.3 Å². The molecule has 0 saturated heterocycles. The Labute approximate surface area is 311 Å². The molecule has 0 fully saturated rings. The molecule has 52 heavy (non-hydrogen) atoms. The number of rotatable bonds is 12. The summed E-state index contributed by atoms with van der Waals surface area (Å²) in [4.78, 5) is 8.77. The van der Waals surface area contributed by atoms with Crippen molar-refractivity contribution in [2.45, 2.75) is 32.4 Å². The summed E-state index contributed by atoms with van der Waals surface area (Å²) in [6.07, 6.45) is 2.72. The molecule has 0 amide bonds. The minimum absolute atomic E-state index is 0. The highest BCUT2D eigenvalue weighted by atomic mass is 79.9. The van der Waals surface area contributed by atoms with Crippen molar-refractivity contribution in [3.8, 4) is 17.1 Å². The highest BCUT2D eigenvalue weighted by Gasteiger charge is 2.12. The first-order chi connectivity index (χ1) is 24.2.